The molecule has 0 saturated carbocycles. The third kappa shape index (κ3) is 1.60. The maximum absolute atomic E-state index is 2.33. The molecule has 94 valence electrons. The van der Waals surface area contributed by atoms with E-state index in [9.17, 15) is 0 Å². The van der Waals surface area contributed by atoms with E-state index in [1.807, 2.05) is 0 Å². The van der Waals surface area contributed by atoms with E-state index in [1.54, 1.807) is 0 Å². The van der Waals surface area contributed by atoms with Gasteiger partial charge in [-0.15, -0.1) is 0 Å². The Hall–Kier alpha value is -1.24. The van der Waals surface area contributed by atoms with E-state index in [1.165, 1.54) is 44.4 Å². The van der Waals surface area contributed by atoms with Crippen LogP contribution in [-0.2, 0) is 7.05 Å². The van der Waals surface area contributed by atoms with Crippen molar-refractivity contribution in [2.45, 2.75) is 49.0 Å². The summed E-state index contributed by atoms with van der Waals surface area (Å²) in [5.41, 5.74) is 9.98. The van der Waals surface area contributed by atoms with Gasteiger partial charge in [0.15, 0.2) is 0 Å². The molecule has 0 bridgehead atoms. The number of aromatic nitrogens is 1. The normalized spacial score (nSPS) is 10.8. The van der Waals surface area contributed by atoms with Crippen LogP contribution in [0.4, 0.5) is 0 Å². The van der Waals surface area contributed by atoms with Crippen LogP contribution in [0.1, 0.15) is 40.9 Å². The summed E-state index contributed by atoms with van der Waals surface area (Å²) < 4.78 is 2.33. The summed E-state index contributed by atoms with van der Waals surface area (Å²) in [6, 6.07) is 0. The molecule has 1 aromatic heterocycles. The third-order valence-corrected chi connectivity index (χ3v) is 4.41. The van der Waals surface area contributed by atoms with E-state index >= 15 is 0 Å². The second-order valence-electron chi connectivity index (χ2n) is 4.99. The first kappa shape index (κ1) is 13.8. The van der Waals surface area contributed by atoms with Gasteiger partial charge in [0, 0.05) is 18.1 Å². The van der Waals surface area contributed by atoms with E-state index in [0.29, 0.717) is 0 Å². The third-order valence-electron chi connectivity index (χ3n) is 4.41. The summed E-state index contributed by atoms with van der Waals surface area (Å²) in [5.74, 6) is 0. The summed E-state index contributed by atoms with van der Waals surface area (Å²) in [6.45, 7) is 13.4. The highest BCUT2D eigenvalue weighted by atomic mass is 14.9. The first-order valence-corrected chi connectivity index (χ1v) is 5.89. The molecule has 2 aromatic rings. The van der Waals surface area contributed by atoms with Crippen molar-refractivity contribution in [1.29, 1.82) is 0 Å². The van der Waals surface area contributed by atoms with E-state index in [2.05, 4.69) is 53.2 Å². The van der Waals surface area contributed by atoms with Gasteiger partial charge in [-0.25, -0.2) is 0 Å². The van der Waals surface area contributed by atoms with Crippen molar-refractivity contribution < 1.29 is 0 Å². The molecule has 0 aliphatic rings. The molecule has 2 rings (SSSR count). The lowest BCUT2D eigenvalue weighted by Gasteiger charge is -2.12. The number of hydrogen-bond donors (Lipinski definition) is 0. The molecule has 0 atom stereocenters. The number of rotatable bonds is 0. The number of nitrogens with zero attached hydrogens (tertiary/aromatic N) is 1. The number of benzene rings is 1. The zero-order chi connectivity index (χ0) is 12.2. The molecule has 0 aliphatic carbocycles. The molecular weight excluding hydrogens is 206 g/mol. The monoisotopic (exact) mass is 231 g/mol. The summed E-state index contributed by atoms with van der Waals surface area (Å²) in [7, 11) is 2.17. The van der Waals surface area contributed by atoms with Crippen molar-refractivity contribution in [1.82, 2.24) is 4.57 Å². The molecule has 17 heavy (non-hydrogen) atoms. The van der Waals surface area contributed by atoms with Gasteiger partial charge in [-0.05, 0) is 69.4 Å². The van der Waals surface area contributed by atoms with Crippen LogP contribution in [0.2, 0.25) is 0 Å². The predicted octanol–water partition coefficient (Wildman–Crippen LogP) is 4.66. The molecule has 1 nitrogen and oxygen atoms in total. The number of aryl methyl sites for hydroxylation is 4. The fraction of sp³-hybridized carbons (Fsp3) is 0.500. The van der Waals surface area contributed by atoms with E-state index in [-0.39, 0.29) is 7.43 Å². The molecule has 0 radical (unpaired) electrons. The van der Waals surface area contributed by atoms with Gasteiger partial charge in [-0.2, -0.15) is 0 Å². The van der Waals surface area contributed by atoms with Crippen LogP contribution in [0, 0.1) is 41.5 Å². The average Bonchev–Trinajstić information content (AvgIpc) is 2.48. The molecule has 0 spiro atoms. The molecule has 0 amide bonds. The lowest BCUT2D eigenvalue weighted by atomic mass is 9.94. The smallest absolute Gasteiger partial charge is 0.0517 e. The van der Waals surface area contributed by atoms with Crippen LogP contribution in [0.3, 0.4) is 0 Å². The van der Waals surface area contributed by atoms with Gasteiger partial charge in [0.05, 0.1) is 5.52 Å². The Morgan fingerprint density at radius 1 is 0.647 bits per heavy atom. The van der Waals surface area contributed by atoms with Crippen molar-refractivity contribution in [2.24, 2.45) is 7.05 Å². The fourth-order valence-electron chi connectivity index (χ4n) is 2.77. The summed E-state index contributed by atoms with van der Waals surface area (Å²) >= 11 is 0. The Balaban J connectivity index is 0.00000144. The van der Waals surface area contributed by atoms with Gasteiger partial charge < -0.3 is 4.57 Å². The second kappa shape index (κ2) is 4.21. The van der Waals surface area contributed by atoms with Crippen molar-refractivity contribution >= 4 is 10.9 Å². The van der Waals surface area contributed by atoms with Crippen LogP contribution in [-0.4, -0.2) is 4.57 Å². The quantitative estimate of drug-likeness (QED) is 0.621. The lowest BCUT2D eigenvalue weighted by molar-refractivity contribution is 0.905. The standard InChI is InChI=1S/C15H21N.CH4/c1-8-9(2)11(4)15-14(10(8)3)12(5)13(6)16(15)7;/h1-7H3;1H4. The summed E-state index contributed by atoms with van der Waals surface area (Å²) in [4.78, 5) is 0. The molecule has 0 saturated heterocycles. The van der Waals surface area contributed by atoms with E-state index < -0.39 is 0 Å². The molecule has 0 N–H and O–H groups in total. The zero-order valence-electron chi connectivity index (χ0n) is 11.4. The molecule has 0 unspecified atom stereocenters. The van der Waals surface area contributed by atoms with Crippen LogP contribution in [0.25, 0.3) is 10.9 Å². The van der Waals surface area contributed by atoms with Crippen molar-refractivity contribution in [3.8, 4) is 0 Å². The van der Waals surface area contributed by atoms with Crippen LogP contribution >= 0.6 is 0 Å². The molecular formula is C16H25N. The Kier molecular flexibility index (Phi) is 3.42. The van der Waals surface area contributed by atoms with Gasteiger partial charge in [0.2, 0.25) is 0 Å². The highest BCUT2D eigenvalue weighted by Gasteiger charge is 2.16. The Morgan fingerprint density at radius 3 is 1.65 bits per heavy atom. The summed E-state index contributed by atoms with van der Waals surface area (Å²) in [6.07, 6.45) is 0. The topological polar surface area (TPSA) is 4.93 Å². The zero-order valence-corrected chi connectivity index (χ0v) is 11.4. The molecule has 1 heterocycles. The van der Waals surface area contributed by atoms with Crippen LogP contribution < -0.4 is 0 Å². The average molecular weight is 231 g/mol. The largest absolute Gasteiger partial charge is 0.347 e. The van der Waals surface area contributed by atoms with Gasteiger partial charge in [0.1, 0.15) is 0 Å². The van der Waals surface area contributed by atoms with Crippen LogP contribution in [0.15, 0.2) is 0 Å². The van der Waals surface area contributed by atoms with E-state index in [0.717, 1.165) is 0 Å². The fourth-order valence-corrected chi connectivity index (χ4v) is 2.77. The van der Waals surface area contributed by atoms with Crippen molar-refractivity contribution in [3.63, 3.8) is 0 Å². The number of hydrogen-bond acceptors (Lipinski definition) is 0. The minimum atomic E-state index is 0. The second-order valence-corrected chi connectivity index (χ2v) is 4.99. The van der Waals surface area contributed by atoms with Gasteiger partial charge in [-0.1, -0.05) is 7.43 Å². The maximum Gasteiger partial charge on any atom is 0.0517 e. The van der Waals surface area contributed by atoms with Crippen LogP contribution in [0.5, 0.6) is 0 Å². The highest BCUT2D eigenvalue weighted by Crippen LogP contribution is 2.33. The highest BCUT2D eigenvalue weighted by molar-refractivity contribution is 5.92. The minimum absolute atomic E-state index is 0. The Bertz CT molecular complexity index is 535. The molecule has 0 aliphatic heterocycles. The summed E-state index contributed by atoms with van der Waals surface area (Å²) in [5, 5.41) is 1.46. The first-order valence-electron chi connectivity index (χ1n) is 5.89. The first-order chi connectivity index (χ1) is 7.37. The Morgan fingerprint density at radius 2 is 1.12 bits per heavy atom. The molecule has 0 fully saturated rings. The molecule has 1 heteroatoms. The minimum Gasteiger partial charge on any atom is -0.347 e. The molecule has 1 aromatic carbocycles. The van der Waals surface area contributed by atoms with Gasteiger partial charge >= 0.3 is 0 Å². The SMILES string of the molecule is C.Cc1c(C)c(C)c2c(c1C)c(C)c(C)n2C. The lowest BCUT2D eigenvalue weighted by Crippen LogP contribution is -1.97. The van der Waals surface area contributed by atoms with Crippen molar-refractivity contribution in [3.05, 3.63) is 33.5 Å². The van der Waals surface area contributed by atoms with Gasteiger partial charge in [0.25, 0.3) is 0 Å². The van der Waals surface area contributed by atoms with E-state index in [4.69, 9.17) is 0 Å². The van der Waals surface area contributed by atoms with Crippen molar-refractivity contribution in [2.75, 3.05) is 0 Å². The predicted molar refractivity (Wildman–Crippen MR) is 78.1 cm³/mol. The number of fused-ring (bicyclic) bond motifs is 1. The Labute approximate surface area is 105 Å². The van der Waals surface area contributed by atoms with Gasteiger partial charge in [-0.3, -0.25) is 0 Å². The maximum atomic E-state index is 2.33.